The van der Waals surface area contributed by atoms with E-state index in [2.05, 4.69) is 36.5 Å². The molecule has 0 bridgehead atoms. The summed E-state index contributed by atoms with van der Waals surface area (Å²) in [5, 5.41) is 5.85. The van der Waals surface area contributed by atoms with Gasteiger partial charge in [0.2, 0.25) is 5.95 Å². The number of para-hydroxylation sites is 2. The van der Waals surface area contributed by atoms with Gasteiger partial charge in [-0.1, -0.05) is 28.1 Å². The maximum atomic E-state index is 12.2. The number of nitrogens with one attached hydrogen (secondary N) is 2. The number of carbonyl (C=O) groups excluding carboxylic acids is 1. The molecule has 0 saturated carbocycles. The van der Waals surface area contributed by atoms with Crippen molar-refractivity contribution in [2.24, 2.45) is 0 Å². The summed E-state index contributed by atoms with van der Waals surface area (Å²) in [6.07, 6.45) is 2.94. The Morgan fingerprint density at radius 1 is 1.04 bits per heavy atom. The van der Waals surface area contributed by atoms with Gasteiger partial charge in [-0.25, -0.2) is 9.97 Å². The Morgan fingerprint density at radius 3 is 2.40 bits per heavy atom. The molecule has 0 aliphatic rings. The largest absolute Gasteiger partial charge is 0.495 e. The predicted molar refractivity (Wildman–Crippen MR) is 100 cm³/mol. The van der Waals surface area contributed by atoms with Gasteiger partial charge in [0.15, 0.2) is 0 Å². The molecule has 7 heteroatoms. The lowest BCUT2D eigenvalue weighted by Gasteiger charge is -2.10. The van der Waals surface area contributed by atoms with Crippen molar-refractivity contribution in [2.75, 3.05) is 17.7 Å². The topological polar surface area (TPSA) is 76.1 Å². The monoisotopic (exact) mass is 398 g/mol. The van der Waals surface area contributed by atoms with Crippen molar-refractivity contribution in [3.63, 3.8) is 0 Å². The molecule has 1 aromatic heterocycles. The van der Waals surface area contributed by atoms with Crippen LogP contribution in [0.3, 0.4) is 0 Å². The fourth-order valence-electron chi connectivity index (χ4n) is 2.11. The van der Waals surface area contributed by atoms with Crippen molar-refractivity contribution in [2.45, 2.75) is 0 Å². The van der Waals surface area contributed by atoms with E-state index in [-0.39, 0.29) is 5.91 Å². The fraction of sp³-hybridized carbons (Fsp3) is 0.0556. The number of carbonyl (C=O) groups is 1. The predicted octanol–water partition coefficient (Wildman–Crippen LogP) is 4.24. The highest BCUT2D eigenvalue weighted by Gasteiger charge is 2.09. The normalized spacial score (nSPS) is 10.2. The number of rotatable bonds is 5. The van der Waals surface area contributed by atoms with Crippen molar-refractivity contribution in [3.05, 3.63) is 71.0 Å². The zero-order chi connectivity index (χ0) is 17.6. The molecule has 0 radical (unpaired) electrons. The third kappa shape index (κ3) is 4.33. The molecule has 25 heavy (non-hydrogen) atoms. The quantitative estimate of drug-likeness (QED) is 0.671. The molecular formula is C18H15BrN4O2. The van der Waals surface area contributed by atoms with E-state index in [1.807, 2.05) is 36.4 Å². The lowest BCUT2D eigenvalue weighted by molar-refractivity contribution is 0.102. The van der Waals surface area contributed by atoms with E-state index in [4.69, 9.17) is 4.74 Å². The van der Waals surface area contributed by atoms with Gasteiger partial charge in [0.05, 0.1) is 18.4 Å². The first-order chi connectivity index (χ1) is 12.2. The molecule has 6 nitrogen and oxygen atoms in total. The average molecular weight is 399 g/mol. The third-order valence-electron chi connectivity index (χ3n) is 3.37. The molecule has 0 fully saturated rings. The highest BCUT2D eigenvalue weighted by molar-refractivity contribution is 9.10. The molecule has 0 spiro atoms. The van der Waals surface area contributed by atoms with Crippen molar-refractivity contribution < 1.29 is 9.53 Å². The van der Waals surface area contributed by atoms with Gasteiger partial charge in [-0.2, -0.15) is 0 Å². The molecule has 2 N–H and O–H groups in total. The summed E-state index contributed by atoms with van der Waals surface area (Å²) in [6.45, 7) is 0. The number of benzene rings is 2. The van der Waals surface area contributed by atoms with Gasteiger partial charge < -0.3 is 15.4 Å². The Bertz CT molecular complexity index is 867. The highest BCUT2D eigenvalue weighted by atomic mass is 79.9. The van der Waals surface area contributed by atoms with E-state index in [1.54, 1.807) is 19.2 Å². The van der Waals surface area contributed by atoms with E-state index in [0.717, 1.165) is 10.2 Å². The smallest absolute Gasteiger partial charge is 0.258 e. The maximum absolute atomic E-state index is 12.2. The molecule has 0 saturated heterocycles. The van der Waals surface area contributed by atoms with E-state index in [9.17, 15) is 4.79 Å². The van der Waals surface area contributed by atoms with Gasteiger partial charge in [0, 0.05) is 22.6 Å². The SMILES string of the molecule is COc1ccccc1Nc1ncc(C(=O)Nc2ccc(Br)cc2)cn1. The molecule has 1 amide bonds. The second-order valence-electron chi connectivity index (χ2n) is 5.08. The lowest BCUT2D eigenvalue weighted by atomic mass is 10.3. The minimum Gasteiger partial charge on any atom is -0.495 e. The first-order valence-corrected chi connectivity index (χ1v) is 8.24. The van der Waals surface area contributed by atoms with Crippen LogP contribution in [0, 0.1) is 0 Å². The standard InChI is InChI=1S/C18H15BrN4O2/c1-25-16-5-3-2-4-15(16)23-18-20-10-12(11-21-18)17(24)22-14-8-6-13(19)7-9-14/h2-11H,1H3,(H,22,24)(H,20,21,23). The number of halogens is 1. The number of amides is 1. The van der Waals surface area contributed by atoms with Crippen LogP contribution in [0.4, 0.5) is 17.3 Å². The Balaban J connectivity index is 1.69. The average Bonchev–Trinajstić information content (AvgIpc) is 2.64. The van der Waals surface area contributed by atoms with Crippen molar-refractivity contribution >= 4 is 39.2 Å². The summed E-state index contributed by atoms with van der Waals surface area (Å²) >= 11 is 3.35. The second kappa shape index (κ2) is 7.76. The van der Waals surface area contributed by atoms with Crippen molar-refractivity contribution in [1.82, 2.24) is 9.97 Å². The molecule has 3 rings (SSSR count). The highest BCUT2D eigenvalue weighted by Crippen LogP contribution is 2.25. The van der Waals surface area contributed by atoms with Gasteiger partial charge >= 0.3 is 0 Å². The van der Waals surface area contributed by atoms with Crippen molar-refractivity contribution in [3.8, 4) is 5.75 Å². The minimum absolute atomic E-state index is 0.272. The third-order valence-corrected chi connectivity index (χ3v) is 3.90. The summed E-state index contributed by atoms with van der Waals surface area (Å²) in [5.41, 5.74) is 1.81. The number of hydrogen-bond acceptors (Lipinski definition) is 5. The van der Waals surface area contributed by atoms with E-state index in [1.165, 1.54) is 12.4 Å². The first kappa shape index (κ1) is 16.9. The number of ether oxygens (including phenoxy) is 1. The molecule has 0 aliphatic carbocycles. The van der Waals surface area contributed by atoms with Crippen molar-refractivity contribution in [1.29, 1.82) is 0 Å². The Hall–Kier alpha value is -2.93. The van der Waals surface area contributed by atoms with Gasteiger partial charge in [0.1, 0.15) is 5.75 Å². The van der Waals surface area contributed by atoms with Gasteiger partial charge in [0.25, 0.3) is 5.91 Å². The lowest BCUT2D eigenvalue weighted by Crippen LogP contribution is -2.13. The summed E-state index contributed by atoms with van der Waals surface area (Å²) in [5.74, 6) is 0.791. The van der Waals surface area contributed by atoms with Crippen LogP contribution < -0.4 is 15.4 Å². The number of aromatic nitrogens is 2. The van der Waals surface area contributed by atoms with E-state index in [0.29, 0.717) is 22.9 Å². The molecule has 0 atom stereocenters. The van der Waals surface area contributed by atoms with Crippen LogP contribution in [0.15, 0.2) is 65.4 Å². The van der Waals surface area contributed by atoms with Gasteiger partial charge in [-0.3, -0.25) is 4.79 Å². The minimum atomic E-state index is -0.272. The van der Waals surface area contributed by atoms with Crippen LogP contribution in [0.1, 0.15) is 10.4 Å². The van der Waals surface area contributed by atoms with Crippen LogP contribution >= 0.6 is 15.9 Å². The molecule has 0 aliphatic heterocycles. The van der Waals surface area contributed by atoms with Crippen LogP contribution in [0.5, 0.6) is 5.75 Å². The Morgan fingerprint density at radius 2 is 1.72 bits per heavy atom. The fourth-order valence-corrected chi connectivity index (χ4v) is 2.38. The number of anilines is 3. The van der Waals surface area contributed by atoms with E-state index >= 15 is 0 Å². The zero-order valence-corrected chi connectivity index (χ0v) is 14.9. The summed E-state index contributed by atoms with van der Waals surface area (Å²) < 4.78 is 6.21. The van der Waals surface area contributed by atoms with Crippen LogP contribution in [-0.4, -0.2) is 23.0 Å². The maximum Gasteiger partial charge on any atom is 0.258 e. The van der Waals surface area contributed by atoms with Crippen LogP contribution in [0.2, 0.25) is 0 Å². The first-order valence-electron chi connectivity index (χ1n) is 7.45. The number of nitrogens with zero attached hydrogens (tertiary/aromatic N) is 2. The summed E-state index contributed by atoms with van der Waals surface area (Å²) in [4.78, 5) is 20.6. The van der Waals surface area contributed by atoms with Gasteiger partial charge in [-0.05, 0) is 36.4 Å². The Labute approximate surface area is 153 Å². The van der Waals surface area contributed by atoms with Crippen LogP contribution in [-0.2, 0) is 0 Å². The summed E-state index contributed by atoms with van der Waals surface area (Å²) in [6, 6.07) is 14.8. The van der Waals surface area contributed by atoms with E-state index < -0.39 is 0 Å². The molecule has 0 unspecified atom stereocenters. The second-order valence-corrected chi connectivity index (χ2v) is 6.00. The molecular weight excluding hydrogens is 384 g/mol. The number of hydrogen-bond donors (Lipinski definition) is 2. The Kier molecular flexibility index (Phi) is 5.25. The molecule has 1 heterocycles. The van der Waals surface area contributed by atoms with Crippen LogP contribution in [0.25, 0.3) is 0 Å². The zero-order valence-electron chi connectivity index (χ0n) is 13.4. The molecule has 3 aromatic rings. The molecule has 126 valence electrons. The number of methoxy groups -OCH3 is 1. The van der Waals surface area contributed by atoms with Gasteiger partial charge in [-0.15, -0.1) is 0 Å². The molecule has 2 aromatic carbocycles. The summed E-state index contributed by atoms with van der Waals surface area (Å²) in [7, 11) is 1.59.